The molecule has 1 aromatic rings. The number of nitrogens with two attached hydrogens (primary N) is 1. The number of carbonyl (C=O) groups is 2. The number of rotatable bonds is 6. The molecule has 0 unspecified atom stereocenters. The minimum atomic E-state index is -0.178. The first kappa shape index (κ1) is 15.2. The molecule has 0 aromatic heterocycles. The SMILES string of the molecule is CCN(C)C(=O)c1cccc(C(=O)NCCCN)c1. The van der Waals surface area contributed by atoms with Crippen molar-refractivity contribution < 1.29 is 9.59 Å². The molecule has 0 saturated carbocycles. The van der Waals surface area contributed by atoms with Gasteiger partial charge in [0.1, 0.15) is 0 Å². The summed E-state index contributed by atoms with van der Waals surface area (Å²) in [5, 5.41) is 2.77. The summed E-state index contributed by atoms with van der Waals surface area (Å²) in [6.45, 7) is 3.62. The number of carbonyl (C=O) groups excluding carboxylic acids is 2. The van der Waals surface area contributed by atoms with Gasteiger partial charge in [-0.2, -0.15) is 0 Å². The number of nitrogens with one attached hydrogen (secondary N) is 1. The summed E-state index contributed by atoms with van der Waals surface area (Å²) in [5.74, 6) is -0.263. The predicted molar refractivity (Wildman–Crippen MR) is 75.1 cm³/mol. The minimum absolute atomic E-state index is 0.0842. The highest BCUT2D eigenvalue weighted by Crippen LogP contribution is 2.08. The summed E-state index contributed by atoms with van der Waals surface area (Å²) in [6.07, 6.45) is 0.739. The standard InChI is InChI=1S/C14H21N3O2/c1-3-17(2)14(19)12-7-4-6-11(10-12)13(18)16-9-5-8-15/h4,6-7,10H,3,5,8-9,15H2,1-2H3,(H,16,18). The van der Waals surface area contributed by atoms with Crippen LogP contribution < -0.4 is 11.1 Å². The molecular formula is C14H21N3O2. The number of amides is 2. The maximum atomic E-state index is 12.0. The molecule has 0 heterocycles. The topological polar surface area (TPSA) is 75.4 Å². The van der Waals surface area contributed by atoms with Crippen LogP contribution in [0.2, 0.25) is 0 Å². The maximum absolute atomic E-state index is 12.0. The fourth-order valence-corrected chi connectivity index (χ4v) is 1.56. The molecule has 3 N–H and O–H groups in total. The second-order valence-corrected chi connectivity index (χ2v) is 4.30. The first-order valence-corrected chi connectivity index (χ1v) is 6.44. The number of benzene rings is 1. The zero-order valence-electron chi connectivity index (χ0n) is 11.5. The molecule has 1 aromatic carbocycles. The van der Waals surface area contributed by atoms with Crippen LogP contribution >= 0.6 is 0 Å². The smallest absolute Gasteiger partial charge is 0.253 e. The van der Waals surface area contributed by atoms with Crippen molar-refractivity contribution in [3.63, 3.8) is 0 Å². The van der Waals surface area contributed by atoms with Crippen molar-refractivity contribution in [2.24, 2.45) is 5.73 Å². The zero-order valence-corrected chi connectivity index (χ0v) is 11.5. The van der Waals surface area contributed by atoms with Gasteiger partial charge < -0.3 is 16.0 Å². The van der Waals surface area contributed by atoms with E-state index in [4.69, 9.17) is 5.73 Å². The first-order valence-electron chi connectivity index (χ1n) is 6.44. The average molecular weight is 263 g/mol. The van der Waals surface area contributed by atoms with E-state index < -0.39 is 0 Å². The molecule has 0 radical (unpaired) electrons. The van der Waals surface area contributed by atoms with Crippen LogP contribution in [0.1, 0.15) is 34.1 Å². The predicted octanol–water partition coefficient (Wildman–Crippen LogP) is 0.857. The van der Waals surface area contributed by atoms with E-state index in [1.54, 1.807) is 36.2 Å². The first-order chi connectivity index (χ1) is 9.10. The lowest BCUT2D eigenvalue weighted by atomic mass is 10.1. The Kier molecular flexibility index (Phi) is 6.02. The van der Waals surface area contributed by atoms with E-state index in [1.165, 1.54) is 0 Å². The van der Waals surface area contributed by atoms with Crippen LogP contribution in [0.25, 0.3) is 0 Å². The third-order valence-electron chi connectivity index (χ3n) is 2.86. The second-order valence-electron chi connectivity index (χ2n) is 4.30. The molecule has 0 spiro atoms. The van der Waals surface area contributed by atoms with E-state index in [0.29, 0.717) is 30.8 Å². The Morgan fingerprint density at radius 1 is 1.32 bits per heavy atom. The molecule has 0 atom stereocenters. The Hall–Kier alpha value is -1.88. The van der Waals surface area contributed by atoms with Crippen LogP contribution in [0.5, 0.6) is 0 Å². The van der Waals surface area contributed by atoms with Crippen LogP contribution in [-0.4, -0.2) is 43.4 Å². The largest absolute Gasteiger partial charge is 0.352 e. The third kappa shape index (κ3) is 4.37. The van der Waals surface area contributed by atoms with E-state index in [9.17, 15) is 9.59 Å². The van der Waals surface area contributed by atoms with Gasteiger partial charge in [-0.1, -0.05) is 6.07 Å². The van der Waals surface area contributed by atoms with Gasteiger partial charge in [0.2, 0.25) is 0 Å². The molecular weight excluding hydrogens is 242 g/mol. The summed E-state index contributed by atoms with van der Waals surface area (Å²) >= 11 is 0. The lowest BCUT2D eigenvalue weighted by Crippen LogP contribution is -2.28. The zero-order chi connectivity index (χ0) is 14.3. The second kappa shape index (κ2) is 7.53. The lowest BCUT2D eigenvalue weighted by Gasteiger charge is -2.14. The van der Waals surface area contributed by atoms with Crippen molar-refractivity contribution in [2.45, 2.75) is 13.3 Å². The van der Waals surface area contributed by atoms with E-state index in [1.807, 2.05) is 6.92 Å². The Balaban J connectivity index is 2.76. The summed E-state index contributed by atoms with van der Waals surface area (Å²) in [4.78, 5) is 25.4. The number of hydrogen-bond donors (Lipinski definition) is 2. The molecule has 0 fully saturated rings. The fourth-order valence-electron chi connectivity index (χ4n) is 1.56. The molecule has 0 aliphatic heterocycles. The molecule has 2 amide bonds. The van der Waals surface area contributed by atoms with Crippen LogP contribution in [0.3, 0.4) is 0 Å². The quantitative estimate of drug-likeness (QED) is 0.747. The van der Waals surface area contributed by atoms with E-state index >= 15 is 0 Å². The summed E-state index contributed by atoms with van der Waals surface area (Å²) in [5.41, 5.74) is 6.38. The van der Waals surface area contributed by atoms with E-state index in [2.05, 4.69) is 5.32 Å². The minimum Gasteiger partial charge on any atom is -0.352 e. The van der Waals surface area contributed by atoms with Crippen molar-refractivity contribution in [2.75, 3.05) is 26.7 Å². The van der Waals surface area contributed by atoms with Crippen LogP contribution in [0, 0.1) is 0 Å². The molecule has 5 heteroatoms. The van der Waals surface area contributed by atoms with Gasteiger partial charge in [0.15, 0.2) is 0 Å². The molecule has 0 saturated heterocycles. The van der Waals surface area contributed by atoms with Crippen molar-refractivity contribution in [1.29, 1.82) is 0 Å². The van der Waals surface area contributed by atoms with Crippen LogP contribution in [0.15, 0.2) is 24.3 Å². The van der Waals surface area contributed by atoms with E-state index in [-0.39, 0.29) is 11.8 Å². The molecule has 19 heavy (non-hydrogen) atoms. The Labute approximate surface area is 113 Å². The summed E-state index contributed by atoms with van der Waals surface area (Å²) in [6, 6.07) is 6.74. The molecule has 104 valence electrons. The van der Waals surface area contributed by atoms with Gasteiger partial charge >= 0.3 is 0 Å². The maximum Gasteiger partial charge on any atom is 0.253 e. The molecule has 5 nitrogen and oxygen atoms in total. The van der Waals surface area contributed by atoms with Crippen molar-refractivity contribution in [3.8, 4) is 0 Å². The van der Waals surface area contributed by atoms with Crippen LogP contribution in [0.4, 0.5) is 0 Å². The van der Waals surface area contributed by atoms with Gasteiger partial charge in [0, 0.05) is 31.3 Å². The highest BCUT2D eigenvalue weighted by molar-refractivity contribution is 5.99. The van der Waals surface area contributed by atoms with Gasteiger partial charge in [0.25, 0.3) is 11.8 Å². The fraction of sp³-hybridized carbons (Fsp3) is 0.429. The molecule has 0 aliphatic rings. The van der Waals surface area contributed by atoms with Crippen molar-refractivity contribution in [1.82, 2.24) is 10.2 Å². The van der Waals surface area contributed by atoms with Crippen LogP contribution in [-0.2, 0) is 0 Å². The number of hydrogen-bond acceptors (Lipinski definition) is 3. The van der Waals surface area contributed by atoms with Crippen molar-refractivity contribution in [3.05, 3.63) is 35.4 Å². The van der Waals surface area contributed by atoms with Gasteiger partial charge in [0.05, 0.1) is 0 Å². The Morgan fingerprint density at radius 3 is 2.63 bits per heavy atom. The normalized spacial score (nSPS) is 10.1. The monoisotopic (exact) mass is 263 g/mol. The van der Waals surface area contributed by atoms with Gasteiger partial charge in [-0.15, -0.1) is 0 Å². The highest BCUT2D eigenvalue weighted by atomic mass is 16.2. The van der Waals surface area contributed by atoms with Gasteiger partial charge in [-0.25, -0.2) is 0 Å². The summed E-state index contributed by atoms with van der Waals surface area (Å²) in [7, 11) is 1.73. The average Bonchev–Trinajstić information content (AvgIpc) is 2.45. The van der Waals surface area contributed by atoms with E-state index in [0.717, 1.165) is 6.42 Å². The van der Waals surface area contributed by atoms with Gasteiger partial charge in [-0.05, 0) is 38.1 Å². The van der Waals surface area contributed by atoms with Crippen molar-refractivity contribution >= 4 is 11.8 Å². The Bertz CT molecular complexity index is 446. The molecule has 1 rings (SSSR count). The lowest BCUT2D eigenvalue weighted by molar-refractivity contribution is 0.0802. The molecule has 0 bridgehead atoms. The summed E-state index contributed by atoms with van der Waals surface area (Å²) < 4.78 is 0. The molecule has 0 aliphatic carbocycles. The third-order valence-corrected chi connectivity index (χ3v) is 2.86. The Morgan fingerprint density at radius 2 is 2.00 bits per heavy atom. The highest BCUT2D eigenvalue weighted by Gasteiger charge is 2.12. The number of nitrogens with zero attached hydrogens (tertiary/aromatic N) is 1. The van der Waals surface area contributed by atoms with Gasteiger partial charge in [-0.3, -0.25) is 9.59 Å².